The minimum atomic E-state index is -0.368. The Labute approximate surface area is 125 Å². The molecule has 0 radical (unpaired) electrons. The van der Waals surface area contributed by atoms with E-state index in [0.29, 0.717) is 11.5 Å². The summed E-state index contributed by atoms with van der Waals surface area (Å²) in [6, 6.07) is 2.94. The van der Waals surface area contributed by atoms with Crippen molar-refractivity contribution in [2.24, 2.45) is 0 Å². The van der Waals surface area contributed by atoms with E-state index in [1.807, 2.05) is 7.05 Å². The highest BCUT2D eigenvalue weighted by molar-refractivity contribution is 14.1. The number of anilines is 1. The van der Waals surface area contributed by atoms with Crippen molar-refractivity contribution < 1.29 is 4.39 Å². The molecule has 0 bridgehead atoms. The van der Waals surface area contributed by atoms with Gasteiger partial charge < -0.3 is 5.32 Å². The zero-order valence-electron chi connectivity index (χ0n) is 10.9. The average Bonchev–Trinajstić information content (AvgIpc) is 2.39. The Balaban J connectivity index is 2.57. The quantitative estimate of drug-likeness (QED) is 0.839. The second-order valence-electron chi connectivity index (χ2n) is 4.36. The fourth-order valence-corrected chi connectivity index (χ4v) is 2.77. The summed E-state index contributed by atoms with van der Waals surface area (Å²) < 4.78 is 13.9. The smallest absolute Gasteiger partial charge is 0.180 e. The number of hydrogen-bond acceptors (Lipinski definition) is 4. The van der Waals surface area contributed by atoms with Gasteiger partial charge in [-0.2, -0.15) is 0 Å². The van der Waals surface area contributed by atoms with Crippen LogP contribution in [0.25, 0.3) is 11.5 Å². The first-order valence-electron chi connectivity index (χ1n) is 5.90. The Bertz CT molecular complexity index is 584. The van der Waals surface area contributed by atoms with Crippen molar-refractivity contribution in [1.82, 2.24) is 15.0 Å². The molecule has 4 nitrogen and oxygen atoms in total. The predicted molar refractivity (Wildman–Crippen MR) is 81.6 cm³/mol. The van der Waals surface area contributed by atoms with Crippen molar-refractivity contribution in [3.63, 3.8) is 0 Å². The molecule has 100 valence electrons. The Hall–Kier alpha value is -1.31. The van der Waals surface area contributed by atoms with Gasteiger partial charge in [-0.15, -0.1) is 0 Å². The van der Waals surface area contributed by atoms with Crippen molar-refractivity contribution in [3.05, 3.63) is 33.4 Å². The lowest BCUT2D eigenvalue weighted by Gasteiger charge is -2.13. The molecule has 2 aromatic rings. The Morgan fingerprint density at radius 2 is 2.00 bits per heavy atom. The van der Waals surface area contributed by atoms with E-state index in [1.165, 1.54) is 12.3 Å². The van der Waals surface area contributed by atoms with Crippen LogP contribution in [0.4, 0.5) is 10.2 Å². The minimum Gasteiger partial charge on any atom is -0.372 e. The molecule has 0 spiro atoms. The number of halogens is 2. The molecule has 0 aliphatic heterocycles. The maximum atomic E-state index is 12.9. The Morgan fingerprint density at radius 1 is 1.26 bits per heavy atom. The third kappa shape index (κ3) is 2.99. The van der Waals surface area contributed by atoms with Crippen molar-refractivity contribution in [2.45, 2.75) is 19.8 Å². The molecule has 0 aromatic carbocycles. The fraction of sp³-hybridized carbons (Fsp3) is 0.308. The summed E-state index contributed by atoms with van der Waals surface area (Å²) in [5.74, 6) is 1.18. The molecule has 0 unspecified atom stereocenters. The van der Waals surface area contributed by atoms with Gasteiger partial charge >= 0.3 is 0 Å². The molecule has 2 rings (SSSR count). The molecule has 0 fully saturated rings. The van der Waals surface area contributed by atoms with Gasteiger partial charge in [0.1, 0.15) is 17.3 Å². The molecule has 0 aliphatic carbocycles. The first-order chi connectivity index (χ1) is 9.02. The lowest BCUT2D eigenvalue weighted by molar-refractivity contribution is 0.621. The van der Waals surface area contributed by atoms with Gasteiger partial charge in [0.15, 0.2) is 5.82 Å². The van der Waals surface area contributed by atoms with Crippen LogP contribution in [0.15, 0.2) is 18.3 Å². The highest BCUT2D eigenvalue weighted by Crippen LogP contribution is 2.27. The van der Waals surface area contributed by atoms with Gasteiger partial charge in [0.2, 0.25) is 0 Å². The Kier molecular flexibility index (Phi) is 4.28. The second-order valence-corrected chi connectivity index (χ2v) is 5.44. The van der Waals surface area contributed by atoms with Crippen LogP contribution in [0.5, 0.6) is 0 Å². The summed E-state index contributed by atoms with van der Waals surface area (Å²) >= 11 is 2.23. The number of nitrogens with one attached hydrogen (secondary N) is 1. The fourth-order valence-electron chi connectivity index (χ4n) is 1.64. The van der Waals surface area contributed by atoms with Crippen LogP contribution in [0.1, 0.15) is 25.5 Å². The third-order valence-corrected chi connectivity index (χ3v) is 3.68. The monoisotopic (exact) mass is 372 g/mol. The van der Waals surface area contributed by atoms with Gasteiger partial charge in [-0.1, -0.05) is 13.8 Å². The van der Waals surface area contributed by atoms with Crippen molar-refractivity contribution in [3.8, 4) is 11.5 Å². The SMILES string of the molecule is CNc1nc(-c2ccc(F)cn2)nc(C(C)C)c1I. The van der Waals surface area contributed by atoms with E-state index in [-0.39, 0.29) is 11.7 Å². The number of pyridine rings is 1. The molecule has 2 aromatic heterocycles. The van der Waals surface area contributed by atoms with E-state index >= 15 is 0 Å². The van der Waals surface area contributed by atoms with Crippen LogP contribution in [-0.4, -0.2) is 22.0 Å². The maximum absolute atomic E-state index is 12.9. The Morgan fingerprint density at radius 3 is 2.53 bits per heavy atom. The molecule has 6 heteroatoms. The van der Waals surface area contributed by atoms with Gasteiger partial charge in [-0.05, 0) is 40.6 Å². The number of nitrogens with zero attached hydrogens (tertiary/aromatic N) is 3. The van der Waals surface area contributed by atoms with Gasteiger partial charge in [0.05, 0.1) is 15.5 Å². The first kappa shape index (κ1) is 14.1. The summed E-state index contributed by atoms with van der Waals surface area (Å²) in [6.07, 6.45) is 1.17. The molecule has 0 amide bonds. The number of rotatable bonds is 3. The molecule has 0 aliphatic rings. The van der Waals surface area contributed by atoms with Gasteiger partial charge in [-0.3, -0.25) is 0 Å². The van der Waals surface area contributed by atoms with E-state index in [0.717, 1.165) is 15.1 Å². The van der Waals surface area contributed by atoms with E-state index in [9.17, 15) is 4.39 Å². The summed E-state index contributed by atoms with van der Waals surface area (Å²) in [4.78, 5) is 13.0. The lowest BCUT2D eigenvalue weighted by atomic mass is 10.1. The van der Waals surface area contributed by atoms with Crippen molar-refractivity contribution in [1.29, 1.82) is 0 Å². The van der Waals surface area contributed by atoms with Crippen LogP contribution in [0.3, 0.4) is 0 Å². The minimum absolute atomic E-state index is 0.279. The van der Waals surface area contributed by atoms with E-state index in [1.54, 1.807) is 6.07 Å². The normalized spacial score (nSPS) is 10.8. The summed E-state index contributed by atoms with van der Waals surface area (Å²) in [5, 5.41) is 3.05. The predicted octanol–water partition coefficient (Wildman–Crippen LogP) is 3.45. The topological polar surface area (TPSA) is 50.7 Å². The molecule has 2 heterocycles. The highest BCUT2D eigenvalue weighted by Gasteiger charge is 2.15. The highest BCUT2D eigenvalue weighted by atomic mass is 127. The van der Waals surface area contributed by atoms with Gasteiger partial charge in [-0.25, -0.2) is 19.3 Å². The lowest BCUT2D eigenvalue weighted by Crippen LogP contribution is -2.07. The average molecular weight is 372 g/mol. The standard InChI is InChI=1S/C13H14FIN4/c1-7(2)11-10(15)13(16-3)19-12(18-11)9-5-4-8(14)6-17-9/h4-7H,1-3H3,(H,16,18,19). The third-order valence-electron chi connectivity index (χ3n) is 2.62. The molecular formula is C13H14FIN4. The molecular weight excluding hydrogens is 358 g/mol. The van der Waals surface area contributed by atoms with Gasteiger partial charge in [0.25, 0.3) is 0 Å². The molecule has 1 N–H and O–H groups in total. The summed E-state index contributed by atoms with van der Waals surface area (Å²) in [7, 11) is 1.82. The zero-order valence-corrected chi connectivity index (χ0v) is 13.1. The van der Waals surface area contributed by atoms with Crippen LogP contribution in [0.2, 0.25) is 0 Å². The van der Waals surface area contributed by atoms with Crippen molar-refractivity contribution in [2.75, 3.05) is 12.4 Å². The van der Waals surface area contributed by atoms with Crippen LogP contribution in [0, 0.1) is 9.39 Å². The second kappa shape index (κ2) is 5.77. The van der Waals surface area contributed by atoms with Gasteiger partial charge in [0, 0.05) is 7.05 Å². The maximum Gasteiger partial charge on any atom is 0.180 e. The summed E-state index contributed by atoms with van der Waals surface area (Å²) in [6.45, 7) is 4.15. The molecule has 19 heavy (non-hydrogen) atoms. The number of hydrogen-bond donors (Lipinski definition) is 1. The molecule has 0 saturated heterocycles. The zero-order chi connectivity index (χ0) is 14.0. The molecule has 0 atom stereocenters. The van der Waals surface area contributed by atoms with Crippen molar-refractivity contribution >= 4 is 28.4 Å². The summed E-state index contributed by atoms with van der Waals surface area (Å²) in [5.41, 5.74) is 1.53. The van der Waals surface area contributed by atoms with E-state index < -0.39 is 0 Å². The van der Waals surface area contributed by atoms with Crippen LogP contribution in [-0.2, 0) is 0 Å². The van der Waals surface area contributed by atoms with E-state index in [2.05, 4.69) is 56.7 Å². The number of aromatic nitrogens is 3. The van der Waals surface area contributed by atoms with E-state index in [4.69, 9.17) is 0 Å². The first-order valence-corrected chi connectivity index (χ1v) is 6.98. The molecule has 0 saturated carbocycles. The van der Waals surface area contributed by atoms with Crippen LogP contribution >= 0.6 is 22.6 Å². The largest absolute Gasteiger partial charge is 0.372 e. The van der Waals surface area contributed by atoms with Crippen LogP contribution < -0.4 is 5.32 Å².